The molecule has 10 heteroatoms. The fraction of sp³-hybridized carbons (Fsp3) is 0.935. The number of carbonyl (C=O) groups excluding carboxylic acids is 2. The smallest absolute Gasteiger partial charge is 0.462 e. The molecule has 0 aliphatic rings. The number of esters is 2. The maximum Gasteiger partial charge on any atom is 0.474 e. The summed E-state index contributed by atoms with van der Waals surface area (Å²) >= 11 is 0. The lowest BCUT2D eigenvalue weighted by Gasteiger charge is -2.22. The zero-order chi connectivity index (χ0) is 30.4. The lowest BCUT2D eigenvalue weighted by Crippen LogP contribution is -2.29. The number of hydrogen-bond donors (Lipinski definition) is 1. The highest BCUT2D eigenvalue weighted by Crippen LogP contribution is 2.49. The van der Waals surface area contributed by atoms with Gasteiger partial charge in [0.15, 0.2) is 6.10 Å². The maximum atomic E-state index is 12.8. The van der Waals surface area contributed by atoms with E-state index in [1.165, 1.54) is 77.0 Å². The van der Waals surface area contributed by atoms with Crippen LogP contribution in [0.5, 0.6) is 0 Å². The Bertz CT molecular complexity index is 664. The molecular formula is C31H62NO8P. The first-order chi connectivity index (χ1) is 19.9. The van der Waals surface area contributed by atoms with Gasteiger partial charge in [0.2, 0.25) is 0 Å². The Morgan fingerprint density at radius 1 is 0.610 bits per heavy atom. The Hall–Kier alpha value is -0.990. The summed E-state index contributed by atoms with van der Waals surface area (Å²) in [6.45, 7) is 5.89. The molecule has 0 bridgehead atoms. The largest absolute Gasteiger partial charge is 0.474 e. The van der Waals surface area contributed by atoms with E-state index in [9.17, 15) is 14.2 Å². The van der Waals surface area contributed by atoms with Crippen molar-refractivity contribution in [2.24, 2.45) is 5.73 Å². The van der Waals surface area contributed by atoms with Crippen molar-refractivity contribution in [1.29, 1.82) is 0 Å². The second kappa shape index (κ2) is 29.1. The predicted molar refractivity (Wildman–Crippen MR) is 165 cm³/mol. The third-order valence-corrected chi connectivity index (χ3v) is 8.31. The average Bonchev–Trinajstić information content (AvgIpc) is 2.96. The van der Waals surface area contributed by atoms with Crippen molar-refractivity contribution in [3.8, 4) is 0 Å². The van der Waals surface area contributed by atoms with Gasteiger partial charge in [-0.05, 0) is 19.8 Å². The summed E-state index contributed by atoms with van der Waals surface area (Å²) in [6, 6.07) is 0. The Labute approximate surface area is 250 Å². The van der Waals surface area contributed by atoms with Gasteiger partial charge in [-0.25, -0.2) is 4.57 Å². The minimum absolute atomic E-state index is 0.00589. The first-order valence-corrected chi connectivity index (χ1v) is 18.0. The van der Waals surface area contributed by atoms with Crippen molar-refractivity contribution in [1.82, 2.24) is 0 Å². The molecule has 0 fully saturated rings. The van der Waals surface area contributed by atoms with E-state index < -0.39 is 19.9 Å². The number of unbranched alkanes of at least 4 members (excludes halogenated alkanes) is 16. The van der Waals surface area contributed by atoms with E-state index in [1.807, 2.05) is 0 Å². The quantitative estimate of drug-likeness (QED) is 0.0470. The zero-order valence-corrected chi connectivity index (χ0v) is 27.4. The highest BCUT2D eigenvalue weighted by atomic mass is 31.2. The third kappa shape index (κ3) is 26.4. The fourth-order valence-electron chi connectivity index (χ4n) is 4.39. The molecule has 2 atom stereocenters. The van der Waals surface area contributed by atoms with Crippen LogP contribution in [-0.4, -0.2) is 51.0 Å². The van der Waals surface area contributed by atoms with Crippen molar-refractivity contribution >= 4 is 19.8 Å². The first kappa shape index (κ1) is 40.0. The second-order valence-corrected chi connectivity index (χ2v) is 12.4. The molecule has 244 valence electrons. The Balaban J connectivity index is 4.54. The van der Waals surface area contributed by atoms with E-state index in [1.54, 1.807) is 6.92 Å². The van der Waals surface area contributed by atoms with E-state index in [4.69, 9.17) is 28.8 Å². The molecule has 0 aliphatic carbocycles. The van der Waals surface area contributed by atoms with Crippen molar-refractivity contribution in [3.05, 3.63) is 0 Å². The third-order valence-electron chi connectivity index (χ3n) is 6.77. The van der Waals surface area contributed by atoms with Gasteiger partial charge >= 0.3 is 19.8 Å². The number of hydrogen-bond acceptors (Lipinski definition) is 9. The minimum atomic E-state index is -3.87. The summed E-state index contributed by atoms with van der Waals surface area (Å²) in [5.41, 5.74) is 5.45. The van der Waals surface area contributed by atoms with Gasteiger partial charge in [-0.2, -0.15) is 0 Å². The van der Waals surface area contributed by atoms with Crippen LogP contribution in [0.15, 0.2) is 0 Å². The summed E-state index contributed by atoms with van der Waals surface area (Å²) in [4.78, 5) is 24.8. The number of carbonyl (C=O) groups is 2. The molecule has 0 heterocycles. The lowest BCUT2D eigenvalue weighted by atomic mass is 10.1. The number of phosphoric acid groups is 1. The monoisotopic (exact) mass is 607 g/mol. The molecule has 0 aliphatic heterocycles. The minimum Gasteiger partial charge on any atom is -0.462 e. The van der Waals surface area contributed by atoms with E-state index in [0.29, 0.717) is 6.42 Å². The molecule has 0 amide bonds. The van der Waals surface area contributed by atoms with Crippen LogP contribution >= 0.6 is 7.82 Å². The van der Waals surface area contributed by atoms with Gasteiger partial charge in [0.25, 0.3) is 0 Å². The van der Waals surface area contributed by atoms with Gasteiger partial charge in [0, 0.05) is 19.4 Å². The molecule has 0 aromatic rings. The number of phosphoric ester groups is 1. The SMILES string of the molecule is CCCCCCCCCCCC(=O)OC[C@H](COP(=O)(OCC)OCCN)OC(=O)CCCCCCCCCCC. The van der Waals surface area contributed by atoms with Crippen LogP contribution in [0.2, 0.25) is 0 Å². The van der Waals surface area contributed by atoms with Crippen molar-refractivity contribution in [2.45, 2.75) is 155 Å². The summed E-state index contributed by atoms with van der Waals surface area (Å²) in [6.07, 6.45) is 20.4. The molecule has 0 radical (unpaired) electrons. The van der Waals surface area contributed by atoms with Crippen LogP contribution in [0, 0.1) is 0 Å². The second-order valence-electron chi connectivity index (χ2n) is 10.7. The van der Waals surface area contributed by atoms with Gasteiger partial charge in [0.05, 0.1) is 19.8 Å². The summed E-state index contributed by atoms with van der Waals surface area (Å²) < 4.78 is 39.5. The molecular weight excluding hydrogens is 545 g/mol. The molecule has 0 aromatic heterocycles. The standard InChI is InChI=1S/C31H62NO8P/c1-4-7-9-11-13-15-17-19-21-23-30(33)36-27-29(28-39-41(35,37-6-3)38-26-25-32)40-31(34)24-22-20-18-16-14-12-10-8-5-2/h29H,4-28,32H2,1-3H3/t29-,41?/m1/s1. The topological polar surface area (TPSA) is 123 Å². The highest BCUT2D eigenvalue weighted by molar-refractivity contribution is 7.48. The fourth-order valence-corrected chi connectivity index (χ4v) is 5.61. The number of ether oxygens (including phenoxy) is 2. The number of nitrogens with two attached hydrogens (primary N) is 1. The van der Waals surface area contributed by atoms with Gasteiger partial charge in [-0.3, -0.25) is 23.2 Å². The molecule has 2 N–H and O–H groups in total. The Morgan fingerprint density at radius 2 is 1.07 bits per heavy atom. The molecule has 0 saturated carbocycles. The summed E-state index contributed by atoms with van der Waals surface area (Å²) in [5, 5.41) is 0. The van der Waals surface area contributed by atoms with E-state index in [-0.39, 0.29) is 45.4 Å². The molecule has 1 unspecified atom stereocenters. The molecule has 0 rings (SSSR count). The van der Waals surface area contributed by atoms with E-state index in [0.717, 1.165) is 38.5 Å². The van der Waals surface area contributed by atoms with Crippen molar-refractivity contribution < 1.29 is 37.2 Å². The van der Waals surface area contributed by atoms with E-state index >= 15 is 0 Å². The van der Waals surface area contributed by atoms with Crippen LogP contribution in [0.1, 0.15) is 149 Å². The van der Waals surface area contributed by atoms with Crippen LogP contribution in [0.4, 0.5) is 0 Å². The Morgan fingerprint density at radius 3 is 1.54 bits per heavy atom. The highest BCUT2D eigenvalue weighted by Gasteiger charge is 2.29. The van der Waals surface area contributed by atoms with Crippen molar-refractivity contribution in [3.63, 3.8) is 0 Å². The molecule has 9 nitrogen and oxygen atoms in total. The zero-order valence-electron chi connectivity index (χ0n) is 26.5. The van der Waals surface area contributed by atoms with E-state index in [2.05, 4.69) is 13.8 Å². The Kier molecular flexibility index (Phi) is 28.4. The van der Waals surface area contributed by atoms with Crippen LogP contribution in [0.3, 0.4) is 0 Å². The van der Waals surface area contributed by atoms with Crippen LogP contribution in [-0.2, 0) is 37.2 Å². The average molecular weight is 608 g/mol. The van der Waals surface area contributed by atoms with Gasteiger partial charge in [0.1, 0.15) is 6.61 Å². The molecule has 41 heavy (non-hydrogen) atoms. The van der Waals surface area contributed by atoms with Gasteiger partial charge < -0.3 is 15.2 Å². The van der Waals surface area contributed by atoms with Crippen LogP contribution < -0.4 is 5.73 Å². The van der Waals surface area contributed by atoms with Crippen molar-refractivity contribution in [2.75, 3.05) is 33.0 Å². The first-order valence-electron chi connectivity index (χ1n) is 16.5. The molecule has 0 spiro atoms. The lowest BCUT2D eigenvalue weighted by molar-refractivity contribution is -0.161. The van der Waals surface area contributed by atoms with Gasteiger partial charge in [-0.1, -0.05) is 117 Å². The van der Waals surface area contributed by atoms with Gasteiger partial charge in [-0.15, -0.1) is 0 Å². The summed E-state index contributed by atoms with van der Waals surface area (Å²) in [7, 11) is -3.87. The normalized spacial score (nSPS) is 13.6. The predicted octanol–water partition coefficient (Wildman–Crippen LogP) is 8.42. The molecule has 0 saturated heterocycles. The maximum absolute atomic E-state index is 12.8. The van der Waals surface area contributed by atoms with Crippen LogP contribution in [0.25, 0.3) is 0 Å². The summed E-state index contributed by atoms with van der Waals surface area (Å²) in [5.74, 6) is -0.744. The number of rotatable bonds is 31. The molecule has 0 aromatic carbocycles.